The molecule has 0 saturated carbocycles. The summed E-state index contributed by atoms with van der Waals surface area (Å²) >= 11 is 0. The Morgan fingerprint density at radius 3 is 0.939 bits per heavy atom. The van der Waals surface area contributed by atoms with Gasteiger partial charge in [0.15, 0.2) is 0 Å². The first-order valence-electron chi connectivity index (χ1n) is 12.1. The Bertz CT molecular complexity index is 469. The zero-order chi connectivity index (χ0) is 25.2. The van der Waals surface area contributed by atoms with E-state index in [1.807, 2.05) is 0 Å². The van der Waals surface area contributed by atoms with E-state index in [1.165, 1.54) is 97.3 Å². The number of hydrogen-bond donors (Lipinski definition) is 3. The Balaban J connectivity index is -0.000000266. The summed E-state index contributed by atoms with van der Waals surface area (Å²) < 4.78 is 0. The Morgan fingerprint density at radius 1 is 0.545 bits per heavy atom. The van der Waals surface area contributed by atoms with Crippen LogP contribution < -0.4 is 0 Å². The molecule has 3 N–H and O–H groups in total. The van der Waals surface area contributed by atoms with Crippen LogP contribution in [0.5, 0.6) is 0 Å². The van der Waals surface area contributed by atoms with Gasteiger partial charge in [0.25, 0.3) is 0 Å². The van der Waals surface area contributed by atoms with Gasteiger partial charge in [-0.15, -0.1) is 0 Å². The minimum atomic E-state index is -0.935. The Labute approximate surface area is 216 Å². The molecule has 7 heteroatoms. The fourth-order valence-electron chi connectivity index (χ4n) is 2.65. The number of carboxylic acid groups (broad SMARTS) is 3. The van der Waals surface area contributed by atoms with E-state index < -0.39 is 17.9 Å². The number of rotatable bonds is 18. The number of hydrogen-bond acceptors (Lipinski definition) is 3. The van der Waals surface area contributed by atoms with Crippen molar-refractivity contribution in [2.75, 3.05) is 0 Å². The molecule has 0 aromatic carbocycles. The van der Waals surface area contributed by atoms with Crippen LogP contribution in [0.3, 0.4) is 0 Å². The first-order chi connectivity index (χ1) is 15.1. The van der Waals surface area contributed by atoms with Crippen molar-refractivity contribution in [3.8, 4) is 0 Å². The molecule has 192 valence electrons. The van der Waals surface area contributed by atoms with E-state index in [1.54, 1.807) is 0 Å². The SMILES string of the molecule is C=C(C)C(=O)O.C=C(C)C(=O)O.CCCCCCCCCCCCCCCCCC(=O)O.[Ti]. The van der Waals surface area contributed by atoms with Crippen LogP contribution in [-0.4, -0.2) is 33.2 Å². The predicted molar refractivity (Wildman–Crippen MR) is 132 cm³/mol. The van der Waals surface area contributed by atoms with Crippen LogP contribution in [0.1, 0.15) is 124 Å². The van der Waals surface area contributed by atoms with E-state index in [9.17, 15) is 14.4 Å². The average molecular weight is 505 g/mol. The van der Waals surface area contributed by atoms with Crippen LogP contribution in [-0.2, 0) is 36.1 Å². The molecule has 0 spiro atoms. The van der Waals surface area contributed by atoms with Crippen LogP contribution in [0, 0.1) is 0 Å². The van der Waals surface area contributed by atoms with Crippen molar-refractivity contribution in [1.29, 1.82) is 0 Å². The molecule has 0 atom stereocenters. The van der Waals surface area contributed by atoms with Gasteiger partial charge in [-0.25, -0.2) is 9.59 Å². The second-order valence-corrected chi connectivity index (χ2v) is 8.26. The van der Waals surface area contributed by atoms with Gasteiger partial charge in [-0.3, -0.25) is 4.79 Å². The molecule has 0 heterocycles. The Hall–Kier alpha value is -1.40. The third-order valence-corrected chi connectivity index (χ3v) is 4.72. The van der Waals surface area contributed by atoms with Crippen molar-refractivity contribution in [2.24, 2.45) is 0 Å². The fourth-order valence-corrected chi connectivity index (χ4v) is 2.65. The van der Waals surface area contributed by atoms with Crippen molar-refractivity contribution >= 4 is 17.9 Å². The molecule has 0 aromatic rings. The van der Waals surface area contributed by atoms with E-state index in [-0.39, 0.29) is 32.9 Å². The first-order valence-corrected chi connectivity index (χ1v) is 12.1. The maximum Gasteiger partial charge on any atom is 0.330 e. The summed E-state index contributed by atoms with van der Waals surface area (Å²) in [4.78, 5) is 29.5. The summed E-state index contributed by atoms with van der Waals surface area (Å²) in [7, 11) is 0. The van der Waals surface area contributed by atoms with Gasteiger partial charge >= 0.3 is 17.9 Å². The molecule has 0 aliphatic carbocycles. The van der Waals surface area contributed by atoms with Gasteiger partial charge < -0.3 is 15.3 Å². The summed E-state index contributed by atoms with van der Waals surface area (Å²) in [6.45, 7) is 11.5. The summed E-state index contributed by atoms with van der Waals surface area (Å²) in [5, 5.41) is 24.3. The minimum Gasteiger partial charge on any atom is -0.481 e. The van der Waals surface area contributed by atoms with Gasteiger partial charge in [0.2, 0.25) is 0 Å². The molecule has 0 amide bonds. The zero-order valence-electron chi connectivity index (χ0n) is 21.3. The molecule has 0 aliphatic heterocycles. The maximum absolute atomic E-state index is 10.3. The van der Waals surface area contributed by atoms with Crippen molar-refractivity contribution in [3.63, 3.8) is 0 Å². The molecule has 0 aromatic heterocycles. The smallest absolute Gasteiger partial charge is 0.330 e. The quantitative estimate of drug-likeness (QED) is 0.101. The van der Waals surface area contributed by atoms with Gasteiger partial charge in [-0.2, -0.15) is 0 Å². The molecular weight excluding hydrogens is 456 g/mol. The van der Waals surface area contributed by atoms with Crippen molar-refractivity contribution in [3.05, 3.63) is 24.3 Å². The number of unbranched alkanes of at least 4 members (excludes halogenated alkanes) is 14. The van der Waals surface area contributed by atoms with Gasteiger partial charge in [0.1, 0.15) is 0 Å². The summed E-state index contributed by atoms with van der Waals surface area (Å²) in [5.41, 5.74) is 0.352. The van der Waals surface area contributed by atoms with Crippen LogP contribution in [0.15, 0.2) is 24.3 Å². The second-order valence-electron chi connectivity index (χ2n) is 8.26. The van der Waals surface area contributed by atoms with Gasteiger partial charge in [-0.05, 0) is 20.3 Å². The first kappa shape index (κ1) is 38.8. The van der Waals surface area contributed by atoms with Crippen LogP contribution >= 0.6 is 0 Å². The topological polar surface area (TPSA) is 112 Å². The minimum absolute atomic E-state index is 0. The van der Waals surface area contributed by atoms with Gasteiger partial charge in [-0.1, -0.05) is 110 Å². The summed E-state index contributed by atoms with van der Waals surface area (Å²) in [6, 6.07) is 0. The van der Waals surface area contributed by atoms with Crippen LogP contribution in [0.2, 0.25) is 0 Å². The third kappa shape index (κ3) is 44.9. The van der Waals surface area contributed by atoms with Crippen LogP contribution in [0.4, 0.5) is 0 Å². The van der Waals surface area contributed by atoms with Gasteiger partial charge in [0.05, 0.1) is 0 Å². The standard InChI is InChI=1S/C18H36O2.2C4H6O2.Ti/c1-2-3-4-5-6-7-8-9-10-11-12-13-14-15-16-17-18(19)20;2*1-3(2)4(5)6;/h2-17H2,1H3,(H,19,20);2*1H2,2H3,(H,5,6);. The molecule has 0 rings (SSSR count). The molecule has 0 fully saturated rings. The van der Waals surface area contributed by atoms with E-state index in [4.69, 9.17) is 15.3 Å². The number of carbonyl (C=O) groups is 3. The van der Waals surface area contributed by atoms with Crippen molar-refractivity contribution < 1.29 is 51.4 Å². The normalized spacial score (nSPS) is 9.30. The van der Waals surface area contributed by atoms with Crippen LogP contribution in [0.25, 0.3) is 0 Å². The van der Waals surface area contributed by atoms with E-state index in [0.717, 1.165) is 12.8 Å². The van der Waals surface area contributed by atoms with Crippen molar-refractivity contribution in [1.82, 2.24) is 0 Å². The molecule has 6 nitrogen and oxygen atoms in total. The Kier molecular flexibility index (Phi) is 36.0. The summed E-state index contributed by atoms with van der Waals surface area (Å²) in [6.07, 6.45) is 20.2. The maximum atomic E-state index is 10.3. The van der Waals surface area contributed by atoms with Gasteiger partial charge in [0, 0.05) is 39.3 Å². The van der Waals surface area contributed by atoms with E-state index in [2.05, 4.69) is 20.1 Å². The van der Waals surface area contributed by atoms with E-state index in [0.29, 0.717) is 6.42 Å². The Morgan fingerprint density at radius 2 is 0.758 bits per heavy atom. The number of carboxylic acids is 3. The molecular formula is C26H48O6Ti. The molecule has 0 radical (unpaired) electrons. The predicted octanol–water partition coefficient (Wildman–Crippen LogP) is 7.62. The largest absolute Gasteiger partial charge is 0.481 e. The van der Waals surface area contributed by atoms with E-state index >= 15 is 0 Å². The molecule has 0 aliphatic rings. The molecule has 0 unspecified atom stereocenters. The summed E-state index contributed by atoms with van der Waals surface area (Å²) in [5.74, 6) is -2.52. The molecule has 33 heavy (non-hydrogen) atoms. The monoisotopic (exact) mass is 504 g/mol. The van der Waals surface area contributed by atoms with Crippen molar-refractivity contribution in [2.45, 2.75) is 124 Å². The molecule has 0 bridgehead atoms. The second kappa shape index (κ2) is 30.6. The zero-order valence-corrected chi connectivity index (χ0v) is 22.9. The average Bonchev–Trinajstić information content (AvgIpc) is 2.71. The number of aliphatic carboxylic acids is 3. The third-order valence-electron chi connectivity index (χ3n) is 4.72. The fraction of sp³-hybridized carbons (Fsp3) is 0.731. The molecule has 0 saturated heterocycles.